The topological polar surface area (TPSA) is 64.1 Å². The van der Waals surface area contributed by atoms with Crippen LogP contribution in [0.15, 0.2) is 0 Å². The minimum Gasteiger partial charge on any atom is -0.480 e. The first-order valence-corrected chi connectivity index (χ1v) is 4.42. The summed E-state index contributed by atoms with van der Waals surface area (Å²) in [6, 6.07) is -0.733. The lowest BCUT2D eigenvalue weighted by Gasteiger charge is -2.40. The van der Waals surface area contributed by atoms with Crippen molar-refractivity contribution in [1.29, 1.82) is 0 Å². The van der Waals surface area contributed by atoms with Gasteiger partial charge in [0.2, 0.25) is 6.41 Å². The fourth-order valence-corrected chi connectivity index (χ4v) is 1.49. The number of hydrogen-bond donors (Lipinski definition) is 1. The van der Waals surface area contributed by atoms with Gasteiger partial charge in [0.25, 0.3) is 0 Å². The number of carbonyl (C=O) groups is 2. The van der Waals surface area contributed by atoms with Crippen molar-refractivity contribution in [2.45, 2.75) is 6.04 Å². The zero-order valence-electron chi connectivity index (χ0n) is 8.38. The van der Waals surface area contributed by atoms with Gasteiger partial charge in [0.15, 0.2) is 0 Å². The Hall–Kier alpha value is -1.14. The van der Waals surface area contributed by atoms with Gasteiger partial charge in [-0.1, -0.05) is 0 Å². The Kier molecular flexibility index (Phi) is 3.43. The first kappa shape index (κ1) is 10.9. The number of aliphatic carboxylic acids is 1. The van der Waals surface area contributed by atoms with E-state index in [4.69, 9.17) is 5.11 Å². The monoisotopic (exact) mass is 201 g/mol. The molecule has 1 heterocycles. The smallest absolute Gasteiger partial charge is 0.327 e. The highest BCUT2D eigenvalue weighted by atomic mass is 16.4. The van der Waals surface area contributed by atoms with Gasteiger partial charge < -0.3 is 10.0 Å². The summed E-state index contributed by atoms with van der Waals surface area (Å²) >= 11 is 0. The largest absolute Gasteiger partial charge is 0.480 e. The Balaban J connectivity index is 2.66. The first-order chi connectivity index (χ1) is 6.56. The van der Waals surface area contributed by atoms with Gasteiger partial charge in [-0.05, 0) is 0 Å². The molecule has 1 atom stereocenters. The molecule has 0 bridgehead atoms. The molecule has 14 heavy (non-hydrogen) atoms. The summed E-state index contributed by atoms with van der Waals surface area (Å²) in [4.78, 5) is 22.7. The van der Waals surface area contributed by atoms with E-state index < -0.39 is 12.0 Å². The molecule has 1 saturated heterocycles. The number of hydrazine groups is 1. The van der Waals surface area contributed by atoms with Crippen LogP contribution in [0.5, 0.6) is 0 Å². The van der Waals surface area contributed by atoms with Crippen LogP contribution >= 0.6 is 0 Å². The predicted octanol–water partition coefficient (Wildman–Crippen LogP) is -1.31. The van der Waals surface area contributed by atoms with Gasteiger partial charge in [-0.15, -0.1) is 0 Å². The van der Waals surface area contributed by atoms with Crippen molar-refractivity contribution in [2.75, 3.05) is 33.7 Å². The summed E-state index contributed by atoms with van der Waals surface area (Å²) in [6.07, 6.45) is 0.603. The summed E-state index contributed by atoms with van der Waals surface area (Å²) in [6.45, 7) is 1.48. The Bertz CT molecular complexity index is 232. The molecule has 1 rings (SSSR count). The maximum absolute atomic E-state index is 10.8. The van der Waals surface area contributed by atoms with Crippen molar-refractivity contribution in [3.05, 3.63) is 0 Å². The lowest BCUT2D eigenvalue weighted by molar-refractivity contribution is -0.153. The van der Waals surface area contributed by atoms with Gasteiger partial charge in [-0.25, -0.2) is 14.8 Å². The van der Waals surface area contributed by atoms with Crippen molar-refractivity contribution in [3.63, 3.8) is 0 Å². The third-order valence-electron chi connectivity index (χ3n) is 2.39. The second-order valence-electron chi connectivity index (χ2n) is 3.46. The highest BCUT2D eigenvalue weighted by Crippen LogP contribution is 2.08. The summed E-state index contributed by atoms with van der Waals surface area (Å²) in [5.41, 5.74) is 0. The summed E-state index contributed by atoms with van der Waals surface area (Å²) in [5.74, 6) is -0.955. The Morgan fingerprint density at radius 1 is 1.50 bits per heavy atom. The van der Waals surface area contributed by atoms with Crippen LogP contribution in [-0.2, 0) is 9.59 Å². The van der Waals surface area contributed by atoms with Crippen molar-refractivity contribution in [2.24, 2.45) is 0 Å². The minimum atomic E-state index is -0.955. The molecule has 6 heteroatoms. The van der Waals surface area contributed by atoms with Gasteiger partial charge in [-0.3, -0.25) is 4.79 Å². The van der Waals surface area contributed by atoms with Crippen LogP contribution in [0.2, 0.25) is 0 Å². The Labute approximate surface area is 82.7 Å². The molecule has 1 unspecified atom stereocenters. The molecule has 0 saturated carbocycles. The van der Waals surface area contributed by atoms with Crippen LogP contribution < -0.4 is 0 Å². The van der Waals surface area contributed by atoms with Gasteiger partial charge in [-0.2, -0.15) is 0 Å². The molecule has 1 aliphatic heterocycles. The summed E-state index contributed by atoms with van der Waals surface area (Å²) in [5, 5.41) is 12.6. The fourth-order valence-electron chi connectivity index (χ4n) is 1.49. The molecule has 6 nitrogen and oxygen atoms in total. The number of piperazine rings is 1. The maximum atomic E-state index is 10.8. The van der Waals surface area contributed by atoms with Crippen LogP contribution in [0.3, 0.4) is 0 Å². The van der Waals surface area contributed by atoms with E-state index >= 15 is 0 Å². The van der Waals surface area contributed by atoms with E-state index in [0.29, 0.717) is 26.0 Å². The number of carboxylic acids is 1. The third kappa shape index (κ3) is 2.21. The molecule has 1 N–H and O–H groups in total. The first-order valence-electron chi connectivity index (χ1n) is 4.42. The molecule has 80 valence electrons. The van der Waals surface area contributed by atoms with E-state index in [1.807, 2.05) is 24.1 Å². The van der Waals surface area contributed by atoms with Crippen LogP contribution in [0, 0.1) is 0 Å². The minimum absolute atomic E-state index is 0.348. The van der Waals surface area contributed by atoms with E-state index in [2.05, 4.69) is 0 Å². The zero-order valence-corrected chi connectivity index (χ0v) is 8.38. The predicted molar refractivity (Wildman–Crippen MR) is 49.5 cm³/mol. The Morgan fingerprint density at radius 2 is 2.14 bits per heavy atom. The molecule has 0 spiro atoms. The Morgan fingerprint density at radius 3 is 2.57 bits per heavy atom. The van der Waals surface area contributed by atoms with E-state index in [1.54, 1.807) is 0 Å². The molecule has 1 amide bonds. The average molecular weight is 201 g/mol. The zero-order chi connectivity index (χ0) is 10.7. The lowest BCUT2D eigenvalue weighted by atomic mass is 10.2. The van der Waals surface area contributed by atoms with Crippen LogP contribution in [-0.4, -0.2) is 72.2 Å². The number of rotatable bonds is 3. The van der Waals surface area contributed by atoms with Crippen molar-refractivity contribution < 1.29 is 14.7 Å². The van der Waals surface area contributed by atoms with Crippen molar-refractivity contribution >= 4 is 12.4 Å². The average Bonchev–Trinajstić information content (AvgIpc) is 2.16. The van der Waals surface area contributed by atoms with Gasteiger partial charge in [0.1, 0.15) is 6.04 Å². The van der Waals surface area contributed by atoms with E-state index in [1.165, 1.54) is 4.90 Å². The van der Waals surface area contributed by atoms with E-state index in [-0.39, 0.29) is 0 Å². The quantitative estimate of drug-likeness (QED) is 0.574. The number of carbonyl (C=O) groups excluding carboxylic acids is 1. The standard InChI is InChI=1S/C8H15N3O3/c1-9(2)11-4-3-10(6-12)7(5-11)8(13)14/h6-7H,3-5H2,1-2H3,(H,13,14). The van der Waals surface area contributed by atoms with Crippen LogP contribution in [0.4, 0.5) is 0 Å². The number of amides is 1. The van der Waals surface area contributed by atoms with Crippen LogP contribution in [0.25, 0.3) is 0 Å². The molecule has 0 aromatic heterocycles. The summed E-state index contributed by atoms with van der Waals surface area (Å²) < 4.78 is 0. The van der Waals surface area contributed by atoms with Crippen molar-refractivity contribution in [1.82, 2.24) is 14.9 Å². The lowest BCUT2D eigenvalue weighted by Crippen LogP contribution is -2.58. The van der Waals surface area contributed by atoms with E-state index in [0.717, 1.165) is 0 Å². The molecule has 0 aromatic rings. The molecule has 0 aliphatic carbocycles. The van der Waals surface area contributed by atoms with E-state index in [9.17, 15) is 9.59 Å². The van der Waals surface area contributed by atoms with Gasteiger partial charge in [0, 0.05) is 33.7 Å². The fraction of sp³-hybridized carbons (Fsp3) is 0.750. The number of carboxylic acid groups (broad SMARTS) is 1. The molecular weight excluding hydrogens is 186 g/mol. The number of nitrogens with zero attached hydrogens (tertiary/aromatic N) is 3. The molecule has 0 aromatic carbocycles. The summed E-state index contributed by atoms with van der Waals surface area (Å²) in [7, 11) is 3.71. The number of hydrogen-bond acceptors (Lipinski definition) is 4. The highest BCUT2D eigenvalue weighted by Gasteiger charge is 2.31. The van der Waals surface area contributed by atoms with Crippen molar-refractivity contribution in [3.8, 4) is 0 Å². The second-order valence-corrected chi connectivity index (χ2v) is 3.46. The molecular formula is C8H15N3O3. The van der Waals surface area contributed by atoms with Crippen LogP contribution in [0.1, 0.15) is 0 Å². The molecule has 1 fully saturated rings. The molecule has 1 aliphatic rings. The second kappa shape index (κ2) is 4.39. The maximum Gasteiger partial charge on any atom is 0.327 e. The van der Waals surface area contributed by atoms with Gasteiger partial charge in [0.05, 0.1) is 0 Å². The SMILES string of the molecule is CN(C)N1CCN(C=O)C(C(=O)O)C1. The highest BCUT2D eigenvalue weighted by molar-refractivity contribution is 5.76. The normalized spacial score (nSPS) is 23.9. The van der Waals surface area contributed by atoms with Gasteiger partial charge >= 0.3 is 5.97 Å². The third-order valence-corrected chi connectivity index (χ3v) is 2.39. The molecule has 0 radical (unpaired) electrons.